The minimum absolute atomic E-state index is 0.0440. The van der Waals surface area contributed by atoms with Gasteiger partial charge in [0.05, 0.1) is 0 Å². The van der Waals surface area contributed by atoms with Crippen LogP contribution in [-0.2, 0) is 4.79 Å². The standard InChI is InChI=1S/C24H32N2O/c1-18(20-13-15-25-16-14-20)17-23(27)26-19(2)24(21-9-5-3-6-10-21)22-11-7-4-8-12-22/h3-12,18-20,24-25H,13-17H2,1-2H3,(H,26,27). The first-order valence-electron chi connectivity index (χ1n) is 10.2. The van der Waals surface area contributed by atoms with Crippen molar-refractivity contribution in [1.29, 1.82) is 0 Å². The predicted octanol–water partition coefficient (Wildman–Crippen LogP) is 4.35. The number of carbonyl (C=O) groups is 1. The molecule has 1 aliphatic rings. The lowest BCUT2D eigenvalue weighted by molar-refractivity contribution is -0.123. The van der Waals surface area contributed by atoms with Crippen LogP contribution in [0.1, 0.15) is 50.2 Å². The minimum Gasteiger partial charge on any atom is -0.353 e. The summed E-state index contributed by atoms with van der Waals surface area (Å²) < 4.78 is 0. The van der Waals surface area contributed by atoms with Gasteiger partial charge in [0, 0.05) is 18.4 Å². The molecule has 2 aromatic carbocycles. The van der Waals surface area contributed by atoms with E-state index < -0.39 is 0 Å². The first-order valence-corrected chi connectivity index (χ1v) is 10.2. The van der Waals surface area contributed by atoms with Gasteiger partial charge in [0.2, 0.25) is 5.91 Å². The van der Waals surface area contributed by atoms with Crippen molar-refractivity contribution in [3.05, 3.63) is 71.8 Å². The summed E-state index contributed by atoms with van der Waals surface area (Å²) in [6.45, 7) is 6.51. The number of carbonyl (C=O) groups excluding carboxylic acids is 1. The van der Waals surface area contributed by atoms with E-state index in [2.05, 4.69) is 73.0 Å². The molecule has 1 amide bonds. The Morgan fingerprint density at radius 1 is 0.963 bits per heavy atom. The van der Waals surface area contributed by atoms with E-state index in [0.717, 1.165) is 13.1 Å². The molecule has 3 rings (SSSR count). The summed E-state index contributed by atoms with van der Waals surface area (Å²) in [6.07, 6.45) is 2.98. The highest BCUT2D eigenvalue weighted by atomic mass is 16.1. The van der Waals surface area contributed by atoms with Crippen LogP contribution in [0.3, 0.4) is 0 Å². The average Bonchev–Trinajstić information content (AvgIpc) is 2.70. The zero-order valence-electron chi connectivity index (χ0n) is 16.5. The Labute approximate surface area is 163 Å². The van der Waals surface area contributed by atoms with Crippen molar-refractivity contribution >= 4 is 5.91 Å². The molecule has 1 fully saturated rings. The largest absolute Gasteiger partial charge is 0.353 e. The van der Waals surface area contributed by atoms with E-state index in [4.69, 9.17) is 0 Å². The molecule has 2 atom stereocenters. The van der Waals surface area contributed by atoms with Crippen LogP contribution in [0.5, 0.6) is 0 Å². The van der Waals surface area contributed by atoms with Crippen molar-refractivity contribution in [1.82, 2.24) is 10.6 Å². The summed E-state index contributed by atoms with van der Waals surface area (Å²) in [5.41, 5.74) is 2.48. The molecule has 27 heavy (non-hydrogen) atoms. The van der Waals surface area contributed by atoms with Crippen molar-refractivity contribution in [3.63, 3.8) is 0 Å². The number of nitrogens with one attached hydrogen (secondary N) is 2. The van der Waals surface area contributed by atoms with E-state index >= 15 is 0 Å². The molecule has 144 valence electrons. The summed E-state index contributed by atoms with van der Waals surface area (Å²) in [4.78, 5) is 12.7. The highest BCUT2D eigenvalue weighted by Crippen LogP contribution is 2.29. The molecule has 2 N–H and O–H groups in total. The normalized spacial score (nSPS) is 17.4. The number of hydrogen-bond donors (Lipinski definition) is 2. The summed E-state index contributed by atoms with van der Waals surface area (Å²) in [5, 5.41) is 6.70. The van der Waals surface area contributed by atoms with Crippen LogP contribution < -0.4 is 10.6 Å². The molecule has 0 saturated carbocycles. The van der Waals surface area contributed by atoms with Crippen LogP contribution in [0, 0.1) is 11.8 Å². The molecule has 0 bridgehead atoms. The number of piperidine rings is 1. The smallest absolute Gasteiger partial charge is 0.220 e. The summed E-state index contributed by atoms with van der Waals surface area (Å²) in [5.74, 6) is 1.42. The van der Waals surface area contributed by atoms with E-state index in [1.165, 1.54) is 24.0 Å². The summed E-state index contributed by atoms with van der Waals surface area (Å²) in [7, 11) is 0. The molecule has 0 radical (unpaired) electrons. The number of benzene rings is 2. The summed E-state index contributed by atoms with van der Waals surface area (Å²) in [6, 6.07) is 21.0. The number of hydrogen-bond acceptors (Lipinski definition) is 2. The van der Waals surface area contributed by atoms with Crippen LogP contribution in [0.15, 0.2) is 60.7 Å². The maximum Gasteiger partial charge on any atom is 0.220 e. The fraction of sp³-hybridized carbons (Fsp3) is 0.458. The number of amides is 1. The summed E-state index contributed by atoms with van der Waals surface area (Å²) >= 11 is 0. The highest BCUT2D eigenvalue weighted by molar-refractivity contribution is 5.76. The predicted molar refractivity (Wildman–Crippen MR) is 112 cm³/mol. The van der Waals surface area contributed by atoms with E-state index in [-0.39, 0.29) is 17.9 Å². The molecule has 0 aromatic heterocycles. The fourth-order valence-electron chi connectivity index (χ4n) is 4.36. The van der Waals surface area contributed by atoms with Gasteiger partial charge in [-0.15, -0.1) is 0 Å². The first-order chi connectivity index (χ1) is 13.1. The molecule has 3 heteroatoms. The quantitative estimate of drug-likeness (QED) is 0.767. The first kappa shape index (κ1) is 19.6. The fourth-order valence-corrected chi connectivity index (χ4v) is 4.36. The molecule has 0 spiro atoms. The SMILES string of the molecule is CC(CC(=O)NC(C)C(c1ccccc1)c1ccccc1)C1CCNCC1. The van der Waals surface area contributed by atoms with Gasteiger partial charge in [-0.2, -0.15) is 0 Å². The van der Waals surface area contributed by atoms with E-state index in [0.29, 0.717) is 18.3 Å². The molecule has 3 nitrogen and oxygen atoms in total. The van der Waals surface area contributed by atoms with Crippen LogP contribution in [-0.4, -0.2) is 25.0 Å². The van der Waals surface area contributed by atoms with Crippen molar-refractivity contribution in [2.75, 3.05) is 13.1 Å². The number of rotatable bonds is 7. The van der Waals surface area contributed by atoms with Crippen LogP contribution in [0.25, 0.3) is 0 Å². The third-order valence-corrected chi connectivity index (χ3v) is 5.90. The molecule has 1 heterocycles. The van der Waals surface area contributed by atoms with Gasteiger partial charge in [-0.05, 0) is 55.8 Å². The van der Waals surface area contributed by atoms with Gasteiger partial charge in [0.15, 0.2) is 0 Å². The highest BCUT2D eigenvalue weighted by Gasteiger charge is 2.25. The Bertz CT molecular complexity index is 655. The van der Waals surface area contributed by atoms with Gasteiger partial charge in [0.1, 0.15) is 0 Å². The zero-order valence-corrected chi connectivity index (χ0v) is 16.5. The second-order valence-corrected chi connectivity index (χ2v) is 7.92. The lowest BCUT2D eigenvalue weighted by Crippen LogP contribution is -2.39. The van der Waals surface area contributed by atoms with Crippen LogP contribution >= 0.6 is 0 Å². The van der Waals surface area contributed by atoms with Gasteiger partial charge < -0.3 is 10.6 Å². The van der Waals surface area contributed by atoms with Crippen LogP contribution in [0.4, 0.5) is 0 Å². The van der Waals surface area contributed by atoms with Gasteiger partial charge >= 0.3 is 0 Å². The van der Waals surface area contributed by atoms with Gasteiger partial charge in [-0.25, -0.2) is 0 Å². The van der Waals surface area contributed by atoms with E-state index in [1.54, 1.807) is 0 Å². The maximum absolute atomic E-state index is 12.7. The lowest BCUT2D eigenvalue weighted by Gasteiger charge is -2.30. The Balaban J connectivity index is 1.67. The lowest BCUT2D eigenvalue weighted by atomic mass is 9.83. The minimum atomic E-state index is 0.0440. The Morgan fingerprint density at radius 2 is 1.48 bits per heavy atom. The van der Waals surface area contributed by atoms with Crippen molar-refractivity contribution in [2.24, 2.45) is 11.8 Å². The maximum atomic E-state index is 12.7. The van der Waals surface area contributed by atoms with Gasteiger partial charge in [0.25, 0.3) is 0 Å². The van der Waals surface area contributed by atoms with Gasteiger partial charge in [-0.3, -0.25) is 4.79 Å². The average molecular weight is 365 g/mol. The molecular weight excluding hydrogens is 332 g/mol. The Morgan fingerprint density at radius 3 is 2.00 bits per heavy atom. The topological polar surface area (TPSA) is 41.1 Å². The Hall–Kier alpha value is -2.13. The second kappa shape index (κ2) is 9.70. The third-order valence-electron chi connectivity index (χ3n) is 5.90. The molecule has 2 unspecified atom stereocenters. The van der Waals surface area contributed by atoms with E-state index in [9.17, 15) is 4.79 Å². The molecular formula is C24H32N2O. The molecule has 1 saturated heterocycles. The van der Waals surface area contributed by atoms with Crippen molar-refractivity contribution in [3.8, 4) is 0 Å². The monoisotopic (exact) mass is 364 g/mol. The molecule has 1 aliphatic heterocycles. The third kappa shape index (κ3) is 5.43. The van der Waals surface area contributed by atoms with E-state index in [1.807, 2.05) is 12.1 Å². The molecule has 0 aliphatic carbocycles. The second-order valence-electron chi connectivity index (χ2n) is 7.92. The zero-order chi connectivity index (χ0) is 19.1. The van der Waals surface area contributed by atoms with Crippen molar-refractivity contribution in [2.45, 2.75) is 45.1 Å². The Kier molecular flexibility index (Phi) is 7.05. The van der Waals surface area contributed by atoms with Gasteiger partial charge in [-0.1, -0.05) is 67.6 Å². The molecule has 2 aromatic rings. The van der Waals surface area contributed by atoms with Crippen LogP contribution in [0.2, 0.25) is 0 Å². The van der Waals surface area contributed by atoms with Crippen molar-refractivity contribution < 1.29 is 4.79 Å².